The van der Waals surface area contributed by atoms with E-state index in [0.29, 0.717) is 5.92 Å². The third-order valence-electron chi connectivity index (χ3n) is 4.50. The van der Waals surface area contributed by atoms with Gasteiger partial charge in [0.05, 0.1) is 5.69 Å². The predicted molar refractivity (Wildman–Crippen MR) is 106 cm³/mol. The van der Waals surface area contributed by atoms with Crippen molar-refractivity contribution in [3.63, 3.8) is 0 Å². The van der Waals surface area contributed by atoms with Gasteiger partial charge in [0, 0.05) is 34.0 Å². The summed E-state index contributed by atoms with van der Waals surface area (Å²) in [6.45, 7) is 6.06. The van der Waals surface area contributed by atoms with Gasteiger partial charge in [0.25, 0.3) is 0 Å². The van der Waals surface area contributed by atoms with Crippen molar-refractivity contribution in [2.45, 2.75) is 32.6 Å². The molecule has 0 aliphatic carbocycles. The number of halogens is 1. The first-order valence-corrected chi connectivity index (χ1v) is 9.52. The van der Waals surface area contributed by atoms with Crippen LogP contribution in [0, 0.1) is 0 Å². The van der Waals surface area contributed by atoms with E-state index in [2.05, 4.69) is 25.5 Å². The van der Waals surface area contributed by atoms with Gasteiger partial charge in [0.2, 0.25) is 0 Å². The van der Waals surface area contributed by atoms with Crippen LogP contribution in [0.5, 0.6) is 0 Å². The topological polar surface area (TPSA) is 66.5 Å². The van der Waals surface area contributed by atoms with E-state index in [-0.39, 0.29) is 0 Å². The third kappa shape index (κ3) is 3.94. The first-order valence-electron chi connectivity index (χ1n) is 9.14. The van der Waals surface area contributed by atoms with E-state index >= 15 is 0 Å². The summed E-state index contributed by atoms with van der Waals surface area (Å²) < 4.78 is 0. The Hall–Kier alpha value is -2.24. The van der Waals surface area contributed by atoms with Crippen molar-refractivity contribution in [1.29, 1.82) is 0 Å². The van der Waals surface area contributed by atoms with Gasteiger partial charge in [-0.2, -0.15) is 5.10 Å². The lowest BCUT2D eigenvalue weighted by Gasteiger charge is -2.22. The monoisotopic (exact) mass is 369 g/mol. The fourth-order valence-corrected chi connectivity index (χ4v) is 3.40. The number of aromatic amines is 1. The van der Waals surface area contributed by atoms with Crippen LogP contribution in [-0.4, -0.2) is 33.3 Å². The predicted octanol–water partition coefficient (Wildman–Crippen LogP) is 4.68. The summed E-state index contributed by atoms with van der Waals surface area (Å²) in [5.74, 6) is 0.463. The van der Waals surface area contributed by atoms with E-state index in [4.69, 9.17) is 11.6 Å². The lowest BCUT2D eigenvalue weighted by Crippen LogP contribution is -2.27. The normalized spacial score (nSPS) is 14.6. The molecule has 0 spiro atoms. The summed E-state index contributed by atoms with van der Waals surface area (Å²) in [7, 11) is 0. The van der Waals surface area contributed by atoms with Crippen LogP contribution in [0.3, 0.4) is 0 Å². The highest BCUT2D eigenvalue weighted by Gasteiger charge is 2.25. The average Bonchev–Trinajstić information content (AvgIpc) is 3.16. The zero-order valence-corrected chi connectivity index (χ0v) is 15.9. The lowest BCUT2D eigenvalue weighted by atomic mass is 9.89. The molecule has 5 nitrogen and oxygen atoms in total. The van der Waals surface area contributed by atoms with Crippen LogP contribution in [0.15, 0.2) is 42.9 Å². The lowest BCUT2D eigenvalue weighted by molar-refractivity contribution is 0.453. The van der Waals surface area contributed by atoms with Crippen molar-refractivity contribution in [1.82, 2.24) is 25.5 Å². The van der Waals surface area contributed by atoms with Crippen LogP contribution < -0.4 is 5.32 Å². The first-order chi connectivity index (χ1) is 12.8. The molecule has 1 aromatic carbocycles. The maximum atomic E-state index is 6.03. The summed E-state index contributed by atoms with van der Waals surface area (Å²) in [5.41, 5.74) is 5.09. The Morgan fingerprint density at radius 3 is 2.42 bits per heavy atom. The second-order valence-corrected chi connectivity index (χ2v) is 6.42. The SMILES string of the molecule is CC.Clc1ccc(-c2n[nH]c(C3CCNCC3)c2-c2ccncn2)cc1. The molecular weight excluding hydrogens is 346 g/mol. The summed E-state index contributed by atoms with van der Waals surface area (Å²) in [4.78, 5) is 8.51. The van der Waals surface area contributed by atoms with E-state index in [0.717, 1.165) is 53.5 Å². The molecule has 1 saturated heterocycles. The number of piperidine rings is 1. The Bertz CT molecular complexity index is 808. The molecule has 0 bridgehead atoms. The second kappa shape index (κ2) is 8.92. The molecule has 0 unspecified atom stereocenters. The Balaban J connectivity index is 0.000000948. The molecule has 1 fully saturated rings. The Kier molecular flexibility index (Phi) is 6.36. The van der Waals surface area contributed by atoms with Crippen molar-refractivity contribution < 1.29 is 0 Å². The molecule has 0 radical (unpaired) electrons. The van der Waals surface area contributed by atoms with Gasteiger partial charge in [0.15, 0.2) is 0 Å². The summed E-state index contributed by atoms with van der Waals surface area (Å²) >= 11 is 6.03. The molecule has 3 aromatic rings. The van der Waals surface area contributed by atoms with E-state index < -0.39 is 0 Å². The van der Waals surface area contributed by atoms with Gasteiger partial charge in [-0.1, -0.05) is 37.6 Å². The third-order valence-corrected chi connectivity index (χ3v) is 4.75. The Labute approximate surface area is 159 Å². The number of nitrogens with zero attached hydrogens (tertiary/aromatic N) is 3. The van der Waals surface area contributed by atoms with E-state index in [1.54, 1.807) is 12.5 Å². The minimum absolute atomic E-state index is 0.463. The molecule has 2 N–H and O–H groups in total. The fourth-order valence-electron chi connectivity index (χ4n) is 3.28. The van der Waals surface area contributed by atoms with Gasteiger partial charge in [-0.05, 0) is 44.1 Å². The maximum absolute atomic E-state index is 6.03. The van der Waals surface area contributed by atoms with E-state index in [1.807, 2.05) is 44.2 Å². The van der Waals surface area contributed by atoms with Crippen molar-refractivity contribution in [3.8, 4) is 22.5 Å². The molecule has 3 heterocycles. The molecule has 136 valence electrons. The van der Waals surface area contributed by atoms with Gasteiger partial charge >= 0.3 is 0 Å². The highest BCUT2D eigenvalue weighted by Crippen LogP contribution is 2.38. The van der Waals surface area contributed by atoms with Crippen molar-refractivity contribution in [3.05, 3.63) is 53.6 Å². The molecule has 6 heteroatoms. The summed E-state index contributed by atoms with van der Waals surface area (Å²) in [6, 6.07) is 9.71. The number of hydrogen-bond donors (Lipinski definition) is 2. The smallest absolute Gasteiger partial charge is 0.116 e. The highest BCUT2D eigenvalue weighted by atomic mass is 35.5. The molecule has 0 atom stereocenters. The van der Waals surface area contributed by atoms with Crippen LogP contribution in [0.2, 0.25) is 5.02 Å². The highest BCUT2D eigenvalue weighted by molar-refractivity contribution is 6.30. The Morgan fingerprint density at radius 1 is 1.04 bits per heavy atom. The largest absolute Gasteiger partial charge is 0.317 e. The number of H-pyrrole nitrogens is 1. The van der Waals surface area contributed by atoms with Crippen LogP contribution in [0.4, 0.5) is 0 Å². The molecule has 0 saturated carbocycles. The standard InChI is InChI=1S/C18H18ClN5.C2H6/c19-14-3-1-12(2-4-14)17-16(15-7-10-21-11-22-15)18(24-23-17)13-5-8-20-9-6-13;1-2/h1-4,7,10-11,13,20H,5-6,8-9H2,(H,23,24);1-2H3. The zero-order chi connectivity index (χ0) is 18.4. The van der Waals surface area contributed by atoms with Gasteiger partial charge in [-0.15, -0.1) is 0 Å². The van der Waals surface area contributed by atoms with Gasteiger partial charge in [-0.3, -0.25) is 5.10 Å². The van der Waals surface area contributed by atoms with Crippen LogP contribution >= 0.6 is 11.6 Å². The number of benzene rings is 1. The van der Waals surface area contributed by atoms with Crippen molar-refractivity contribution in [2.75, 3.05) is 13.1 Å². The average molecular weight is 370 g/mol. The van der Waals surface area contributed by atoms with Gasteiger partial charge in [0.1, 0.15) is 12.0 Å². The molecule has 26 heavy (non-hydrogen) atoms. The fraction of sp³-hybridized carbons (Fsp3) is 0.350. The zero-order valence-electron chi connectivity index (χ0n) is 15.2. The minimum Gasteiger partial charge on any atom is -0.317 e. The maximum Gasteiger partial charge on any atom is 0.116 e. The summed E-state index contributed by atoms with van der Waals surface area (Å²) in [6.07, 6.45) is 5.55. The van der Waals surface area contributed by atoms with Gasteiger partial charge in [-0.25, -0.2) is 9.97 Å². The number of rotatable bonds is 3. The molecule has 1 aliphatic heterocycles. The van der Waals surface area contributed by atoms with Crippen molar-refractivity contribution in [2.24, 2.45) is 0 Å². The van der Waals surface area contributed by atoms with E-state index in [9.17, 15) is 0 Å². The van der Waals surface area contributed by atoms with Gasteiger partial charge < -0.3 is 5.32 Å². The molecule has 4 rings (SSSR count). The number of aromatic nitrogens is 4. The molecule has 1 aliphatic rings. The van der Waals surface area contributed by atoms with Crippen LogP contribution in [-0.2, 0) is 0 Å². The quantitative estimate of drug-likeness (QED) is 0.703. The Morgan fingerprint density at radius 2 is 1.77 bits per heavy atom. The first kappa shape index (κ1) is 18.5. The van der Waals surface area contributed by atoms with Crippen LogP contribution in [0.25, 0.3) is 22.5 Å². The number of hydrogen-bond acceptors (Lipinski definition) is 4. The molecular formula is C20H24ClN5. The molecule has 0 amide bonds. The minimum atomic E-state index is 0.463. The molecule has 2 aromatic heterocycles. The second-order valence-electron chi connectivity index (χ2n) is 5.99. The summed E-state index contributed by atoms with van der Waals surface area (Å²) in [5, 5.41) is 12.0. The van der Waals surface area contributed by atoms with Crippen LogP contribution in [0.1, 0.15) is 38.3 Å². The number of nitrogens with one attached hydrogen (secondary N) is 2. The van der Waals surface area contributed by atoms with E-state index in [1.165, 1.54) is 5.69 Å². The van der Waals surface area contributed by atoms with Crippen molar-refractivity contribution >= 4 is 11.6 Å².